The van der Waals surface area contributed by atoms with Crippen LogP contribution in [-0.4, -0.2) is 43.3 Å². The third kappa shape index (κ3) is 9.00. The first-order valence-electron chi connectivity index (χ1n) is 9.02. The Kier molecular flexibility index (Phi) is 9.71. The maximum Gasteiger partial charge on any atom is 0.159 e. The molecule has 2 N–H and O–H groups in total. The number of nitrogens with one attached hydrogen (secondary N) is 1. The highest BCUT2D eigenvalue weighted by molar-refractivity contribution is 5.94. The summed E-state index contributed by atoms with van der Waals surface area (Å²) in [6.45, 7) is 12.5. The number of benzene rings is 1. The Balaban J connectivity index is 2.64. The van der Waals surface area contributed by atoms with E-state index in [2.05, 4.69) is 33.0 Å². The van der Waals surface area contributed by atoms with Crippen molar-refractivity contribution < 1.29 is 19.4 Å². The van der Waals surface area contributed by atoms with Gasteiger partial charge < -0.3 is 19.9 Å². The molecule has 0 heterocycles. The molecule has 25 heavy (non-hydrogen) atoms. The minimum absolute atomic E-state index is 0.00887. The Morgan fingerprint density at radius 3 is 2.44 bits per heavy atom. The fraction of sp³-hybridized carbons (Fsp3) is 0.650. The number of ether oxygens (including phenoxy) is 2. The van der Waals surface area contributed by atoms with Crippen LogP contribution in [0.5, 0.6) is 5.75 Å². The molecule has 0 aromatic heterocycles. The normalized spacial score (nSPS) is 12.6. The molecule has 0 aliphatic carbocycles. The summed E-state index contributed by atoms with van der Waals surface area (Å²) in [6, 6.07) is 5.33. The number of hydrogen-bond acceptors (Lipinski definition) is 5. The lowest BCUT2D eigenvalue weighted by atomic mass is 10.1. The first kappa shape index (κ1) is 21.6. The second-order valence-electron chi connectivity index (χ2n) is 7.30. The number of ketones is 1. The summed E-state index contributed by atoms with van der Waals surface area (Å²) in [6.07, 6.45) is -0.587. The summed E-state index contributed by atoms with van der Waals surface area (Å²) in [7, 11) is 0. The second kappa shape index (κ2) is 11.2. The van der Waals surface area contributed by atoms with Gasteiger partial charge in [0.25, 0.3) is 0 Å². The molecule has 1 atom stereocenters. The third-order valence-electron chi connectivity index (χ3n) is 3.54. The van der Waals surface area contributed by atoms with Gasteiger partial charge in [-0.1, -0.05) is 27.7 Å². The van der Waals surface area contributed by atoms with Crippen LogP contribution in [0.4, 0.5) is 0 Å². The van der Waals surface area contributed by atoms with Gasteiger partial charge >= 0.3 is 0 Å². The van der Waals surface area contributed by atoms with Crippen LogP contribution in [0, 0.1) is 11.8 Å². The maximum absolute atomic E-state index is 11.6. The Labute approximate surface area is 151 Å². The Morgan fingerprint density at radius 2 is 1.84 bits per heavy atom. The van der Waals surface area contributed by atoms with E-state index in [1.807, 2.05) is 0 Å². The SMILES string of the molecule is CC(=O)c1ccc(OCC(O)CNCC(C)C)c(COCC(C)C)c1. The number of carbonyl (C=O) groups is 1. The summed E-state index contributed by atoms with van der Waals surface area (Å²) >= 11 is 0. The third-order valence-corrected chi connectivity index (χ3v) is 3.54. The Hall–Kier alpha value is -1.43. The van der Waals surface area contributed by atoms with Crippen LogP contribution in [0.1, 0.15) is 50.5 Å². The van der Waals surface area contributed by atoms with Crippen LogP contribution in [0.15, 0.2) is 18.2 Å². The van der Waals surface area contributed by atoms with Gasteiger partial charge in [0.05, 0.1) is 6.61 Å². The van der Waals surface area contributed by atoms with E-state index in [-0.39, 0.29) is 12.4 Å². The zero-order valence-electron chi connectivity index (χ0n) is 16.2. The Bertz CT molecular complexity index is 528. The quantitative estimate of drug-likeness (QED) is 0.567. The molecule has 1 unspecified atom stereocenters. The van der Waals surface area contributed by atoms with Crippen molar-refractivity contribution in [2.75, 3.05) is 26.3 Å². The highest BCUT2D eigenvalue weighted by atomic mass is 16.5. The van der Waals surface area contributed by atoms with Crippen molar-refractivity contribution in [3.8, 4) is 5.75 Å². The topological polar surface area (TPSA) is 67.8 Å². The van der Waals surface area contributed by atoms with Gasteiger partial charge in [-0.2, -0.15) is 0 Å². The van der Waals surface area contributed by atoms with Gasteiger partial charge in [0, 0.05) is 24.3 Å². The van der Waals surface area contributed by atoms with Gasteiger partial charge in [0.2, 0.25) is 0 Å². The molecule has 0 radical (unpaired) electrons. The molecule has 0 aliphatic heterocycles. The minimum Gasteiger partial charge on any atom is -0.490 e. The molecule has 1 aromatic carbocycles. The lowest BCUT2D eigenvalue weighted by Crippen LogP contribution is -2.33. The van der Waals surface area contributed by atoms with Crippen molar-refractivity contribution in [2.24, 2.45) is 11.8 Å². The molecule has 1 rings (SSSR count). The molecule has 0 saturated carbocycles. The van der Waals surface area contributed by atoms with Crippen LogP contribution in [-0.2, 0) is 11.3 Å². The molecular weight excluding hydrogens is 318 g/mol. The van der Waals surface area contributed by atoms with Crippen molar-refractivity contribution in [3.05, 3.63) is 29.3 Å². The van der Waals surface area contributed by atoms with Crippen molar-refractivity contribution in [3.63, 3.8) is 0 Å². The van der Waals surface area contributed by atoms with Crippen molar-refractivity contribution in [1.29, 1.82) is 0 Å². The monoisotopic (exact) mass is 351 g/mol. The number of aliphatic hydroxyl groups is 1. The molecule has 0 saturated heterocycles. The highest BCUT2D eigenvalue weighted by Gasteiger charge is 2.11. The molecule has 142 valence electrons. The predicted octanol–water partition coefficient (Wildman–Crippen LogP) is 3.05. The van der Waals surface area contributed by atoms with Gasteiger partial charge in [-0.15, -0.1) is 0 Å². The molecule has 1 aromatic rings. The van der Waals surface area contributed by atoms with Gasteiger partial charge in [-0.05, 0) is 43.5 Å². The fourth-order valence-corrected chi connectivity index (χ4v) is 2.24. The van der Waals surface area contributed by atoms with E-state index in [4.69, 9.17) is 9.47 Å². The van der Waals surface area contributed by atoms with E-state index >= 15 is 0 Å². The average Bonchev–Trinajstić information content (AvgIpc) is 2.52. The number of hydrogen-bond donors (Lipinski definition) is 2. The van der Waals surface area contributed by atoms with Crippen LogP contribution in [0.2, 0.25) is 0 Å². The standard InChI is InChI=1S/C20H33NO4/c1-14(2)9-21-10-19(23)13-25-20-7-6-17(16(5)22)8-18(20)12-24-11-15(3)4/h6-8,14-15,19,21,23H,9-13H2,1-5H3. The summed E-state index contributed by atoms with van der Waals surface area (Å²) in [5.41, 5.74) is 1.46. The van der Waals surface area contributed by atoms with E-state index in [1.165, 1.54) is 0 Å². The van der Waals surface area contributed by atoms with Gasteiger partial charge in [0.15, 0.2) is 5.78 Å². The summed E-state index contributed by atoms with van der Waals surface area (Å²) < 4.78 is 11.5. The lowest BCUT2D eigenvalue weighted by Gasteiger charge is -2.17. The van der Waals surface area contributed by atoms with Crippen LogP contribution >= 0.6 is 0 Å². The van der Waals surface area contributed by atoms with Crippen LogP contribution in [0.3, 0.4) is 0 Å². The van der Waals surface area contributed by atoms with Gasteiger partial charge in [-0.3, -0.25) is 4.79 Å². The molecule has 0 spiro atoms. The van der Waals surface area contributed by atoms with E-state index in [1.54, 1.807) is 25.1 Å². The van der Waals surface area contributed by atoms with E-state index in [9.17, 15) is 9.90 Å². The zero-order valence-corrected chi connectivity index (χ0v) is 16.2. The summed E-state index contributed by atoms with van der Waals surface area (Å²) in [5, 5.41) is 13.2. The fourth-order valence-electron chi connectivity index (χ4n) is 2.24. The lowest BCUT2D eigenvalue weighted by molar-refractivity contribution is 0.0874. The predicted molar refractivity (Wildman–Crippen MR) is 100 cm³/mol. The average molecular weight is 351 g/mol. The van der Waals surface area contributed by atoms with E-state index in [0.29, 0.717) is 42.9 Å². The summed E-state index contributed by atoms with van der Waals surface area (Å²) in [4.78, 5) is 11.6. The van der Waals surface area contributed by atoms with Gasteiger partial charge in [0.1, 0.15) is 18.5 Å². The Morgan fingerprint density at radius 1 is 1.12 bits per heavy atom. The minimum atomic E-state index is -0.587. The van der Waals surface area contributed by atoms with Crippen molar-refractivity contribution >= 4 is 5.78 Å². The number of rotatable bonds is 12. The first-order chi connectivity index (χ1) is 11.8. The largest absolute Gasteiger partial charge is 0.490 e. The second-order valence-corrected chi connectivity index (χ2v) is 7.30. The molecular formula is C20H33NO4. The molecule has 0 amide bonds. The number of aliphatic hydroxyl groups excluding tert-OH is 1. The molecule has 0 fully saturated rings. The molecule has 0 aliphatic rings. The van der Waals surface area contributed by atoms with E-state index in [0.717, 1.165) is 12.1 Å². The first-order valence-corrected chi connectivity index (χ1v) is 9.02. The van der Waals surface area contributed by atoms with Crippen molar-refractivity contribution in [1.82, 2.24) is 5.32 Å². The number of Topliss-reactive ketones (excluding diaryl/α,β-unsaturated/α-hetero) is 1. The summed E-state index contributed by atoms with van der Waals surface area (Å²) in [5.74, 6) is 1.64. The van der Waals surface area contributed by atoms with Crippen LogP contribution < -0.4 is 10.1 Å². The van der Waals surface area contributed by atoms with Crippen LogP contribution in [0.25, 0.3) is 0 Å². The highest BCUT2D eigenvalue weighted by Crippen LogP contribution is 2.22. The molecule has 5 nitrogen and oxygen atoms in total. The van der Waals surface area contributed by atoms with E-state index < -0.39 is 6.10 Å². The maximum atomic E-state index is 11.6. The molecule has 0 bridgehead atoms. The molecule has 5 heteroatoms. The van der Waals surface area contributed by atoms with Crippen molar-refractivity contribution in [2.45, 2.75) is 47.3 Å². The number of carbonyl (C=O) groups excluding carboxylic acids is 1. The van der Waals surface area contributed by atoms with Gasteiger partial charge in [-0.25, -0.2) is 0 Å². The smallest absolute Gasteiger partial charge is 0.159 e. The zero-order chi connectivity index (χ0) is 18.8.